The van der Waals surface area contributed by atoms with E-state index in [1.807, 2.05) is 12.1 Å². The van der Waals surface area contributed by atoms with Gasteiger partial charge in [-0.05, 0) is 43.0 Å². The van der Waals surface area contributed by atoms with Gasteiger partial charge in [-0.25, -0.2) is 0 Å². The quantitative estimate of drug-likeness (QED) is 0.882. The largest absolute Gasteiger partial charge is 0.355 e. The van der Waals surface area contributed by atoms with Crippen LogP contribution in [0.4, 0.5) is 0 Å². The highest BCUT2D eigenvalue weighted by Crippen LogP contribution is 2.26. The van der Waals surface area contributed by atoms with E-state index in [0.717, 1.165) is 38.0 Å². The summed E-state index contributed by atoms with van der Waals surface area (Å²) in [5.74, 6) is 0.0859. The summed E-state index contributed by atoms with van der Waals surface area (Å²) in [4.78, 5) is 15.9. The van der Waals surface area contributed by atoms with Crippen molar-refractivity contribution < 1.29 is 4.79 Å². The highest BCUT2D eigenvalue weighted by atomic mass is 35.5. The van der Waals surface area contributed by atoms with Crippen molar-refractivity contribution in [3.05, 3.63) is 30.1 Å². The van der Waals surface area contributed by atoms with Gasteiger partial charge in [-0.1, -0.05) is 13.0 Å². The van der Waals surface area contributed by atoms with E-state index in [2.05, 4.69) is 22.5 Å². The molecule has 0 unspecified atom stereocenters. The van der Waals surface area contributed by atoms with E-state index in [1.54, 1.807) is 12.4 Å². The highest BCUT2D eigenvalue weighted by molar-refractivity contribution is 5.85. The maximum absolute atomic E-state index is 11.8. The van der Waals surface area contributed by atoms with Crippen molar-refractivity contribution in [3.8, 4) is 0 Å². The Labute approximate surface area is 120 Å². The van der Waals surface area contributed by atoms with Crippen LogP contribution in [0.15, 0.2) is 24.5 Å². The number of hydrogen-bond acceptors (Lipinski definition) is 3. The molecule has 1 aromatic heterocycles. The number of nitrogens with zero attached hydrogens (tertiary/aromatic N) is 1. The molecule has 0 bridgehead atoms. The van der Waals surface area contributed by atoms with E-state index < -0.39 is 0 Å². The van der Waals surface area contributed by atoms with Crippen molar-refractivity contribution in [2.45, 2.75) is 26.2 Å². The van der Waals surface area contributed by atoms with E-state index in [0.29, 0.717) is 6.42 Å². The van der Waals surface area contributed by atoms with Crippen LogP contribution in [0.25, 0.3) is 0 Å². The minimum Gasteiger partial charge on any atom is -0.355 e. The maximum atomic E-state index is 11.8. The lowest BCUT2D eigenvalue weighted by Gasteiger charge is -2.34. The van der Waals surface area contributed by atoms with Gasteiger partial charge < -0.3 is 10.6 Å². The number of nitrogens with one attached hydrogen (secondary N) is 2. The zero-order chi connectivity index (χ0) is 12.8. The topological polar surface area (TPSA) is 54.0 Å². The molecule has 1 fully saturated rings. The summed E-state index contributed by atoms with van der Waals surface area (Å²) in [6.45, 7) is 5.12. The van der Waals surface area contributed by atoms with E-state index in [1.165, 1.54) is 0 Å². The molecule has 2 heterocycles. The summed E-state index contributed by atoms with van der Waals surface area (Å²) >= 11 is 0. The summed E-state index contributed by atoms with van der Waals surface area (Å²) in [6.07, 6.45) is 6.13. The highest BCUT2D eigenvalue weighted by Gasteiger charge is 2.26. The van der Waals surface area contributed by atoms with Crippen molar-refractivity contribution in [2.24, 2.45) is 5.41 Å². The number of hydrogen-bond donors (Lipinski definition) is 2. The van der Waals surface area contributed by atoms with Gasteiger partial charge in [0.25, 0.3) is 0 Å². The molecular weight excluding hydrogens is 262 g/mol. The lowest BCUT2D eigenvalue weighted by atomic mass is 9.81. The molecule has 1 amide bonds. The van der Waals surface area contributed by atoms with Crippen LogP contribution < -0.4 is 10.6 Å². The molecule has 1 aliphatic rings. The van der Waals surface area contributed by atoms with Gasteiger partial charge in [0.15, 0.2) is 0 Å². The minimum atomic E-state index is 0. The SMILES string of the molecule is CC1(CNC(=O)Cc2cccnc2)CCNCC1.Cl. The van der Waals surface area contributed by atoms with Crippen LogP contribution in [0.3, 0.4) is 0 Å². The Morgan fingerprint density at radius 1 is 1.47 bits per heavy atom. The molecule has 0 radical (unpaired) electrons. The number of piperidine rings is 1. The summed E-state index contributed by atoms with van der Waals surface area (Å²) in [7, 11) is 0. The Morgan fingerprint density at radius 3 is 2.84 bits per heavy atom. The number of carbonyl (C=O) groups is 1. The molecule has 1 saturated heterocycles. The molecule has 0 atom stereocenters. The fourth-order valence-electron chi connectivity index (χ4n) is 2.27. The zero-order valence-electron chi connectivity index (χ0n) is 11.3. The van der Waals surface area contributed by atoms with Crippen LogP contribution >= 0.6 is 12.4 Å². The summed E-state index contributed by atoms with van der Waals surface area (Å²) in [5, 5.41) is 6.39. The average Bonchev–Trinajstić information content (AvgIpc) is 2.39. The van der Waals surface area contributed by atoms with E-state index in [4.69, 9.17) is 0 Å². The van der Waals surface area contributed by atoms with Gasteiger partial charge in [-0.3, -0.25) is 9.78 Å². The van der Waals surface area contributed by atoms with Crippen LogP contribution in [-0.4, -0.2) is 30.5 Å². The normalized spacial score (nSPS) is 17.3. The molecule has 1 aliphatic heterocycles. The lowest BCUT2D eigenvalue weighted by molar-refractivity contribution is -0.121. The van der Waals surface area contributed by atoms with Gasteiger partial charge in [0.05, 0.1) is 6.42 Å². The standard InChI is InChI=1S/C14H21N3O.ClH/c1-14(4-7-15-8-5-14)11-17-13(18)9-12-3-2-6-16-10-12;/h2-3,6,10,15H,4-5,7-9,11H2,1H3,(H,17,18);1H. The number of pyridine rings is 1. The van der Waals surface area contributed by atoms with E-state index in [-0.39, 0.29) is 23.7 Å². The van der Waals surface area contributed by atoms with Crippen LogP contribution in [0.2, 0.25) is 0 Å². The summed E-state index contributed by atoms with van der Waals surface area (Å²) in [6, 6.07) is 3.79. The number of aromatic nitrogens is 1. The van der Waals surface area contributed by atoms with Crippen molar-refractivity contribution in [1.29, 1.82) is 0 Å². The number of carbonyl (C=O) groups excluding carboxylic acids is 1. The van der Waals surface area contributed by atoms with E-state index in [9.17, 15) is 4.79 Å². The van der Waals surface area contributed by atoms with Gasteiger partial charge in [0.1, 0.15) is 0 Å². The Morgan fingerprint density at radius 2 is 2.21 bits per heavy atom. The lowest BCUT2D eigenvalue weighted by Crippen LogP contribution is -2.43. The number of amides is 1. The molecule has 0 aliphatic carbocycles. The van der Waals surface area contributed by atoms with Crippen molar-refractivity contribution in [2.75, 3.05) is 19.6 Å². The molecule has 106 valence electrons. The zero-order valence-corrected chi connectivity index (χ0v) is 12.1. The molecule has 19 heavy (non-hydrogen) atoms. The van der Waals surface area contributed by atoms with E-state index >= 15 is 0 Å². The Bertz CT molecular complexity index is 391. The Balaban J connectivity index is 0.00000180. The van der Waals surface area contributed by atoms with Gasteiger partial charge in [-0.2, -0.15) is 0 Å². The molecule has 0 spiro atoms. The fraction of sp³-hybridized carbons (Fsp3) is 0.571. The first kappa shape index (κ1) is 15.9. The Hall–Kier alpha value is -1.13. The van der Waals surface area contributed by atoms with Crippen LogP contribution in [-0.2, 0) is 11.2 Å². The minimum absolute atomic E-state index is 0. The molecule has 0 aromatic carbocycles. The van der Waals surface area contributed by atoms with Gasteiger partial charge in [0.2, 0.25) is 5.91 Å². The van der Waals surface area contributed by atoms with Crippen LogP contribution in [0, 0.1) is 5.41 Å². The van der Waals surface area contributed by atoms with Gasteiger partial charge in [0, 0.05) is 18.9 Å². The van der Waals surface area contributed by atoms with Crippen molar-refractivity contribution in [1.82, 2.24) is 15.6 Å². The third-order valence-electron chi connectivity index (χ3n) is 3.61. The third-order valence-corrected chi connectivity index (χ3v) is 3.61. The second kappa shape index (κ2) is 7.46. The molecular formula is C14H22ClN3O. The maximum Gasteiger partial charge on any atom is 0.224 e. The Kier molecular flexibility index (Phi) is 6.25. The first-order chi connectivity index (χ1) is 8.68. The molecule has 1 aromatic rings. The second-order valence-corrected chi connectivity index (χ2v) is 5.38. The third kappa shape index (κ3) is 5.17. The summed E-state index contributed by atoms with van der Waals surface area (Å²) < 4.78 is 0. The molecule has 2 N–H and O–H groups in total. The first-order valence-electron chi connectivity index (χ1n) is 6.54. The van der Waals surface area contributed by atoms with Gasteiger partial charge >= 0.3 is 0 Å². The molecule has 2 rings (SSSR count). The first-order valence-corrected chi connectivity index (χ1v) is 6.54. The fourth-order valence-corrected chi connectivity index (χ4v) is 2.27. The van der Waals surface area contributed by atoms with Crippen LogP contribution in [0.5, 0.6) is 0 Å². The predicted octanol–water partition coefficient (Wildman–Crippen LogP) is 1.55. The molecule has 4 nitrogen and oxygen atoms in total. The van der Waals surface area contributed by atoms with Gasteiger partial charge in [-0.15, -0.1) is 12.4 Å². The van der Waals surface area contributed by atoms with Crippen molar-refractivity contribution in [3.63, 3.8) is 0 Å². The monoisotopic (exact) mass is 283 g/mol. The molecule has 5 heteroatoms. The predicted molar refractivity (Wildman–Crippen MR) is 78.4 cm³/mol. The number of halogens is 1. The second-order valence-electron chi connectivity index (χ2n) is 5.38. The average molecular weight is 284 g/mol. The van der Waals surface area contributed by atoms with Crippen LogP contribution in [0.1, 0.15) is 25.3 Å². The van der Waals surface area contributed by atoms with Crippen molar-refractivity contribution >= 4 is 18.3 Å². The molecule has 0 saturated carbocycles. The summed E-state index contributed by atoms with van der Waals surface area (Å²) in [5.41, 5.74) is 1.21. The smallest absolute Gasteiger partial charge is 0.224 e. The number of rotatable bonds is 4.